The minimum Gasteiger partial charge on any atom is -0.149 e. The van der Waals surface area contributed by atoms with Gasteiger partial charge in [-0.3, -0.25) is 0 Å². The average molecular weight is 153 g/mol. The van der Waals surface area contributed by atoms with Gasteiger partial charge in [-0.15, -0.1) is 11.3 Å². The molecule has 0 aromatic carbocycles. The second kappa shape index (κ2) is 3.93. The van der Waals surface area contributed by atoms with Gasteiger partial charge in [0.25, 0.3) is 0 Å². The molecule has 0 aliphatic rings. The molecule has 0 atom stereocenters. The topological polar surface area (TPSA) is 48.8 Å². The Kier molecular flexibility index (Phi) is 2.80. The van der Waals surface area contributed by atoms with Gasteiger partial charge in [-0.05, 0) is 23.4 Å². The number of hydrogen-bond acceptors (Lipinski definition) is 2. The molecule has 1 heterocycles. The summed E-state index contributed by atoms with van der Waals surface area (Å²) in [5, 5.41) is 5.45. The second-order valence-electron chi connectivity index (χ2n) is 1.78. The van der Waals surface area contributed by atoms with Gasteiger partial charge in [0.05, 0.1) is 0 Å². The molecule has 0 aliphatic carbocycles. The van der Waals surface area contributed by atoms with Gasteiger partial charge in [0, 0.05) is 16.3 Å². The van der Waals surface area contributed by atoms with Crippen molar-refractivity contribution in [3.05, 3.63) is 32.8 Å². The summed E-state index contributed by atoms with van der Waals surface area (Å²) >= 11 is 1.69. The van der Waals surface area contributed by atoms with Crippen molar-refractivity contribution in [1.82, 2.24) is 0 Å². The third kappa shape index (κ3) is 2.09. The van der Waals surface area contributed by atoms with Crippen molar-refractivity contribution >= 4 is 11.3 Å². The van der Waals surface area contributed by atoms with Crippen LogP contribution in [0.25, 0.3) is 10.4 Å². The molecule has 0 N–H and O–H groups in total. The van der Waals surface area contributed by atoms with Crippen molar-refractivity contribution in [2.24, 2.45) is 5.11 Å². The monoisotopic (exact) mass is 153 g/mol. The minimum atomic E-state index is 0.566. The third-order valence-corrected chi connectivity index (χ3v) is 2.04. The lowest BCUT2D eigenvalue weighted by Gasteiger charge is -1.86. The lowest BCUT2D eigenvalue weighted by molar-refractivity contribution is 0.974. The Morgan fingerprint density at radius 3 is 3.20 bits per heavy atom. The molecular formula is C6H7N3S. The van der Waals surface area contributed by atoms with Crippen LogP contribution in [-0.2, 0) is 6.42 Å². The summed E-state index contributed by atoms with van der Waals surface area (Å²) < 4.78 is 0. The molecule has 52 valence electrons. The van der Waals surface area contributed by atoms with Gasteiger partial charge in [-0.1, -0.05) is 11.2 Å². The van der Waals surface area contributed by atoms with Crippen molar-refractivity contribution in [2.45, 2.75) is 6.42 Å². The van der Waals surface area contributed by atoms with Crippen LogP contribution >= 0.6 is 11.3 Å². The van der Waals surface area contributed by atoms with Crippen molar-refractivity contribution in [1.29, 1.82) is 0 Å². The Morgan fingerprint density at radius 2 is 2.60 bits per heavy atom. The molecule has 0 aliphatic heterocycles. The van der Waals surface area contributed by atoms with Crippen LogP contribution in [0.2, 0.25) is 0 Å². The predicted octanol–water partition coefficient (Wildman–Crippen LogP) is 2.60. The zero-order valence-corrected chi connectivity index (χ0v) is 6.21. The van der Waals surface area contributed by atoms with Crippen molar-refractivity contribution in [2.75, 3.05) is 6.54 Å². The zero-order valence-electron chi connectivity index (χ0n) is 5.40. The summed E-state index contributed by atoms with van der Waals surface area (Å²) in [7, 11) is 0. The lowest BCUT2D eigenvalue weighted by atomic mass is 10.3. The fraction of sp³-hybridized carbons (Fsp3) is 0.333. The molecular weight excluding hydrogens is 146 g/mol. The molecule has 1 rings (SSSR count). The van der Waals surface area contributed by atoms with Crippen molar-refractivity contribution < 1.29 is 0 Å². The van der Waals surface area contributed by atoms with Gasteiger partial charge in [-0.25, -0.2) is 0 Å². The first-order chi connectivity index (χ1) is 4.93. The Morgan fingerprint density at radius 1 is 1.70 bits per heavy atom. The molecule has 0 bridgehead atoms. The molecule has 1 aromatic rings. The van der Waals surface area contributed by atoms with E-state index in [0.717, 1.165) is 6.42 Å². The maximum atomic E-state index is 7.96. The molecule has 3 nitrogen and oxygen atoms in total. The standard InChI is InChI=1S/C6H7N3S/c7-9-8-4-3-6-2-1-5-10-6/h1-2,5H,3-4H2. The van der Waals surface area contributed by atoms with Crippen LogP contribution in [0, 0.1) is 0 Å². The van der Waals surface area contributed by atoms with E-state index in [0.29, 0.717) is 6.54 Å². The molecule has 0 saturated carbocycles. The summed E-state index contributed by atoms with van der Waals surface area (Å²) in [6.45, 7) is 0.566. The van der Waals surface area contributed by atoms with Crippen LogP contribution in [0.1, 0.15) is 4.88 Å². The summed E-state index contributed by atoms with van der Waals surface area (Å²) in [4.78, 5) is 3.94. The SMILES string of the molecule is [N-]=[N+]=NCCc1cccs1. The fourth-order valence-electron chi connectivity index (χ4n) is 0.660. The first-order valence-corrected chi connectivity index (χ1v) is 3.84. The van der Waals surface area contributed by atoms with Gasteiger partial charge in [0.1, 0.15) is 0 Å². The third-order valence-electron chi connectivity index (χ3n) is 1.10. The molecule has 10 heavy (non-hydrogen) atoms. The molecule has 0 unspecified atom stereocenters. The molecule has 0 radical (unpaired) electrons. The molecule has 0 saturated heterocycles. The van der Waals surface area contributed by atoms with Crippen LogP contribution in [0.4, 0.5) is 0 Å². The molecule has 0 amide bonds. The number of rotatable bonds is 3. The van der Waals surface area contributed by atoms with E-state index in [1.54, 1.807) is 11.3 Å². The highest BCUT2D eigenvalue weighted by molar-refractivity contribution is 7.09. The number of nitrogens with zero attached hydrogens (tertiary/aromatic N) is 3. The van der Waals surface area contributed by atoms with E-state index in [4.69, 9.17) is 5.53 Å². The van der Waals surface area contributed by atoms with Crippen LogP contribution in [-0.4, -0.2) is 6.54 Å². The number of thiophene rings is 1. The van der Waals surface area contributed by atoms with E-state index in [9.17, 15) is 0 Å². The fourth-order valence-corrected chi connectivity index (χ4v) is 1.36. The van der Waals surface area contributed by atoms with Crippen LogP contribution < -0.4 is 0 Å². The molecule has 1 aromatic heterocycles. The van der Waals surface area contributed by atoms with E-state index in [2.05, 4.69) is 10.0 Å². The van der Waals surface area contributed by atoms with Crippen molar-refractivity contribution in [3.63, 3.8) is 0 Å². The van der Waals surface area contributed by atoms with Crippen LogP contribution in [0.5, 0.6) is 0 Å². The average Bonchev–Trinajstić information content (AvgIpc) is 2.41. The summed E-state index contributed by atoms with van der Waals surface area (Å²) in [6, 6.07) is 4.04. The Balaban J connectivity index is 2.34. The highest BCUT2D eigenvalue weighted by Gasteiger charge is 1.89. The maximum Gasteiger partial charge on any atom is 0.0306 e. The van der Waals surface area contributed by atoms with Gasteiger partial charge in [0.2, 0.25) is 0 Å². The molecule has 4 heteroatoms. The maximum absolute atomic E-state index is 7.96. The predicted molar refractivity (Wildman–Crippen MR) is 42.0 cm³/mol. The van der Waals surface area contributed by atoms with Gasteiger partial charge in [0.15, 0.2) is 0 Å². The Labute approximate surface area is 62.9 Å². The van der Waals surface area contributed by atoms with Gasteiger partial charge >= 0.3 is 0 Å². The summed E-state index contributed by atoms with van der Waals surface area (Å²) in [5.41, 5.74) is 7.96. The van der Waals surface area contributed by atoms with Crippen LogP contribution in [0.3, 0.4) is 0 Å². The number of hydrogen-bond donors (Lipinski definition) is 0. The van der Waals surface area contributed by atoms with E-state index < -0.39 is 0 Å². The molecule has 0 spiro atoms. The van der Waals surface area contributed by atoms with E-state index in [1.807, 2.05) is 17.5 Å². The molecule has 0 fully saturated rings. The summed E-state index contributed by atoms with van der Waals surface area (Å²) in [6.07, 6.45) is 0.863. The van der Waals surface area contributed by atoms with Crippen molar-refractivity contribution in [3.8, 4) is 0 Å². The van der Waals surface area contributed by atoms with Gasteiger partial charge < -0.3 is 0 Å². The van der Waals surface area contributed by atoms with E-state index >= 15 is 0 Å². The quantitative estimate of drug-likeness (QED) is 0.364. The highest BCUT2D eigenvalue weighted by atomic mass is 32.1. The second-order valence-corrected chi connectivity index (χ2v) is 2.82. The Hall–Kier alpha value is -0.990. The largest absolute Gasteiger partial charge is 0.149 e. The van der Waals surface area contributed by atoms with E-state index in [-0.39, 0.29) is 0 Å². The number of azide groups is 1. The van der Waals surface area contributed by atoms with Gasteiger partial charge in [-0.2, -0.15) is 0 Å². The zero-order chi connectivity index (χ0) is 7.23. The van der Waals surface area contributed by atoms with E-state index in [1.165, 1.54) is 4.88 Å². The minimum absolute atomic E-state index is 0.566. The first-order valence-electron chi connectivity index (χ1n) is 2.96. The normalized spacial score (nSPS) is 8.80. The van der Waals surface area contributed by atoms with Crippen LogP contribution in [0.15, 0.2) is 22.6 Å². The highest BCUT2D eigenvalue weighted by Crippen LogP contribution is 2.08. The Bertz CT molecular complexity index is 223. The summed E-state index contributed by atoms with van der Waals surface area (Å²) in [5.74, 6) is 0. The first kappa shape index (κ1) is 7.12. The smallest absolute Gasteiger partial charge is 0.0306 e. The lowest BCUT2D eigenvalue weighted by Crippen LogP contribution is -1.81.